The van der Waals surface area contributed by atoms with Crippen LogP contribution in [0.5, 0.6) is 0 Å². The largest absolute Gasteiger partial charge is 0.481 e. The van der Waals surface area contributed by atoms with Crippen LogP contribution in [-0.4, -0.2) is 75.0 Å². The van der Waals surface area contributed by atoms with Crippen LogP contribution in [0.3, 0.4) is 0 Å². The second-order valence-electron chi connectivity index (χ2n) is 4.31. The highest BCUT2D eigenvalue weighted by molar-refractivity contribution is 5.78. The first-order chi connectivity index (χ1) is 9.60. The number of amides is 1. The van der Waals surface area contributed by atoms with E-state index in [2.05, 4.69) is 5.32 Å². The van der Waals surface area contributed by atoms with E-state index in [4.69, 9.17) is 14.6 Å². The van der Waals surface area contributed by atoms with Crippen molar-refractivity contribution in [1.82, 2.24) is 10.2 Å². The molecule has 0 fully saturated rings. The Morgan fingerprint density at radius 1 is 1.25 bits per heavy atom. The number of nitrogens with zero attached hydrogens (tertiary/aromatic N) is 1. The van der Waals surface area contributed by atoms with Gasteiger partial charge in [-0.25, -0.2) is 0 Å². The van der Waals surface area contributed by atoms with E-state index in [1.807, 2.05) is 11.8 Å². The molecule has 0 saturated carbocycles. The molecule has 0 heterocycles. The van der Waals surface area contributed by atoms with Gasteiger partial charge in [0.05, 0.1) is 19.6 Å². The molecule has 2 N–H and O–H groups in total. The number of hydrogen-bond acceptors (Lipinski definition) is 5. The minimum absolute atomic E-state index is 0.0278. The van der Waals surface area contributed by atoms with E-state index in [0.29, 0.717) is 39.5 Å². The Bertz CT molecular complexity index is 273. The first-order valence-corrected chi connectivity index (χ1v) is 6.87. The molecule has 0 aliphatic rings. The fraction of sp³-hybridized carbons (Fsp3) is 0.846. The van der Waals surface area contributed by atoms with E-state index >= 15 is 0 Å². The SMILES string of the molecule is CCOCCCN(CCC(=O)O)CC(=O)NCCOC. The number of carboxylic acids is 1. The summed E-state index contributed by atoms with van der Waals surface area (Å²) < 4.78 is 10.1. The van der Waals surface area contributed by atoms with Crippen LogP contribution in [-0.2, 0) is 19.1 Å². The molecule has 0 saturated heterocycles. The molecule has 118 valence electrons. The molecule has 0 aromatic carbocycles. The maximum atomic E-state index is 11.7. The summed E-state index contributed by atoms with van der Waals surface area (Å²) in [7, 11) is 1.57. The molecule has 0 aromatic rings. The first kappa shape index (κ1) is 18.8. The summed E-state index contributed by atoms with van der Waals surface area (Å²) in [5.41, 5.74) is 0. The van der Waals surface area contributed by atoms with E-state index in [1.165, 1.54) is 0 Å². The van der Waals surface area contributed by atoms with Crippen molar-refractivity contribution >= 4 is 11.9 Å². The van der Waals surface area contributed by atoms with E-state index in [9.17, 15) is 9.59 Å². The number of carbonyl (C=O) groups is 2. The smallest absolute Gasteiger partial charge is 0.304 e. The Balaban J connectivity index is 4.01. The van der Waals surface area contributed by atoms with Gasteiger partial charge in [-0.05, 0) is 13.3 Å². The summed E-state index contributed by atoms with van der Waals surface area (Å²) in [6.07, 6.45) is 0.804. The number of rotatable bonds is 13. The Labute approximate surface area is 120 Å². The molecule has 7 nitrogen and oxygen atoms in total. The minimum Gasteiger partial charge on any atom is -0.481 e. The Kier molecular flexibility index (Phi) is 12.1. The van der Waals surface area contributed by atoms with E-state index < -0.39 is 5.97 Å². The lowest BCUT2D eigenvalue weighted by Gasteiger charge is -2.20. The van der Waals surface area contributed by atoms with Gasteiger partial charge in [0.1, 0.15) is 0 Å². The normalized spacial score (nSPS) is 10.8. The lowest BCUT2D eigenvalue weighted by Crippen LogP contribution is -2.40. The van der Waals surface area contributed by atoms with Crippen LogP contribution < -0.4 is 5.32 Å². The predicted octanol–water partition coefficient (Wildman–Crippen LogP) is -0.0477. The third-order valence-electron chi connectivity index (χ3n) is 2.60. The lowest BCUT2D eigenvalue weighted by atomic mass is 10.3. The number of carboxylic acid groups (broad SMARTS) is 1. The maximum absolute atomic E-state index is 11.7. The molecule has 0 aliphatic heterocycles. The highest BCUT2D eigenvalue weighted by Gasteiger charge is 2.11. The summed E-state index contributed by atoms with van der Waals surface area (Å²) in [4.78, 5) is 24.1. The monoisotopic (exact) mass is 290 g/mol. The molecule has 7 heteroatoms. The molecule has 0 aromatic heterocycles. The van der Waals surface area contributed by atoms with Crippen LogP contribution in [0.15, 0.2) is 0 Å². The predicted molar refractivity (Wildman–Crippen MR) is 74.7 cm³/mol. The van der Waals surface area contributed by atoms with Gasteiger partial charge in [0, 0.05) is 40.0 Å². The number of carbonyl (C=O) groups excluding carboxylic acids is 1. The molecule has 0 radical (unpaired) electrons. The average molecular weight is 290 g/mol. The maximum Gasteiger partial charge on any atom is 0.304 e. The standard InChI is InChI=1S/C13H26N2O5/c1-3-20-9-4-7-15(8-5-13(17)18)11-12(16)14-6-10-19-2/h3-11H2,1-2H3,(H,14,16)(H,17,18). The number of nitrogens with one attached hydrogen (secondary N) is 1. The summed E-state index contributed by atoms with van der Waals surface area (Å²) in [6.45, 7) is 5.32. The van der Waals surface area contributed by atoms with Gasteiger partial charge in [0.15, 0.2) is 0 Å². The third-order valence-corrected chi connectivity index (χ3v) is 2.60. The van der Waals surface area contributed by atoms with Crippen molar-refractivity contribution in [2.45, 2.75) is 19.8 Å². The number of ether oxygens (including phenoxy) is 2. The van der Waals surface area contributed by atoms with Crippen molar-refractivity contribution in [3.8, 4) is 0 Å². The summed E-state index contributed by atoms with van der Waals surface area (Å²) in [6, 6.07) is 0. The van der Waals surface area contributed by atoms with Gasteiger partial charge in [0.25, 0.3) is 0 Å². The molecule has 0 unspecified atom stereocenters. The minimum atomic E-state index is -0.861. The zero-order chi connectivity index (χ0) is 15.2. The second kappa shape index (κ2) is 12.8. The number of aliphatic carboxylic acids is 1. The van der Waals surface area contributed by atoms with Crippen molar-refractivity contribution < 1.29 is 24.2 Å². The zero-order valence-corrected chi connectivity index (χ0v) is 12.4. The molecule has 0 spiro atoms. The molecule has 1 amide bonds. The number of methoxy groups -OCH3 is 1. The molecule has 0 bridgehead atoms. The topological polar surface area (TPSA) is 88.1 Å². The third kappa shape index (κ3) is 11.9. The molecule has 0 rings (SSSR count). The van der Waals surface area contributed by atoms with Gasteiger partial charge in [-0.15, -0.1) is 0 Å². The van der Waals surface area contributed by atoms with E-state index in [-0.39, 0.29) is 18.9 Å². The van der Waals surface area contributed by atoms with Crippen molar-refractivity contribution in [2.75, 3.05) is 53.1 Å². The molecule has 20 heavy (non-hydrogen) atoms. The molecule has 0 atom stereocenters. The van der Waals surface area contributed by atoms with Gasteiger partial charge >= 0.3 is 5.97 Å². The Morgan fingerprint density at radius 3 is 2.60 bits per heavy atom. The fourth-order valence-corrected chi connectivity index (χ4v) is 1.61. The summed E-state index contributed by atoms with van der Waals surface area (Å²) >= 11 is 0. The quantitative estimate of drug-likeness (QED) is 0.463. The van der Waals surface area contributed by atoms with E-state index in [0.717, 1.165) is 6.42 Å². The highest BCUT2D eigenvalue weighted by atomic mass is 16.5. The van der Waals surface area contributed by atoms with Crippen LogP contribution in [0.1, 0.15) is 19.8 Å². The van der Waals surface area contributed by atoms with Crippen molar-refractivity contribution in [2.24, 2.45) is 0 Å². The Morgan fingerprint density at radius 2 is 2.00 bits per heavy atom. The van der Waals surface area contributed by atoms with Crippen LogP contribution in [0.4, 0.5) is 0 Å². The fourth-order valence-electron chi connectivity index (χ4n) is 1.61. The molecule has 0 aliphatic carbocycles. The van der Waals surface area contributed by atoms with Gasteiger partial charge in [0.2, 0.25) is 5.91 Å². The average Bonchev–Trinajstić information content (AvgIpc) is 2.40. The van der Waals surface area contributed by atoms with Crippen LogP contribution in [0.2, 0.25) is 0 Å². The van der Waals surface area contributed by atoms with Gasteiger partial charge < -0.3 is 19.9 Å². The molecular formula is C13H26N2O5. The zero-order valence-electron chi connectivity index (χ0n) is 12.4. The second-order valence-corrected chi connectivity index (χ2v) is 4.31. The number of hydrogen-bond donors (Lipinski definition) is 2. The van der Waals surface area contributed by atoms with Gasteiger partial charge in [-0.2, -0.15) is 0 Å². The summed E-state index contributed by atoms with van der Waals surface area (Å²) in [5.74, 6) is -0.983. The van der Waals surface area contributed by atoms with Gasteiger partial charge in [-0.3, -0.25) is 14.5 Å². The van der Waals surface area contributed by atoms with E-state index in [1.54, 1.807) is 7.11 Å². The van der Waals surface area contributed by atoms with Crippen LogP contribution in [0.25, 0.3) is 0 Å². The first-order valence-electron chi connectivity index (χ1n) is 6.87. The summed E-state index contributed by atoms with van der Waals surface area (Å²) in [5, 5.41) is 11.4. The van der Waals surface area contributed by atoms with Crippen LogP contribution >= 0.6 is 0 Å². The van der Waals surface area contributed by atoms with Crippen molar-refractivity contribution in [3.63, 3.8) is 0 Å². The highest BCUT2D eigenvalue weighted by Crippen LogP contribution is 1.96. The van der Waals surface area contributed by atoms with Crippen molar-refractivity contribution in [3.05, 3.63) is 0 Å². The van der Waals surface area contributed by atoms with Gasteiger partial charge in [-0.1, -0.05) is 0 Å². The molecular weight excluding hydrogens is 264 g/mol. The van der Waals surface area contributed by atoms with Crippen molar-refractivity contribution in [1.29, 1.82) is 0 Å². The Hall–Kier alpha value is -1.18. The van der Waals surface area contributed by atoms with Crippen LogP contribution in [0, 0.1) is 0 Å². The lowest BCUT2D eigenvalue weighted by molar-refractivity contribution is -0.137.